The summed E-state index contributed by atoms with van der Waals surface area (Å²) in [4.78, 5) is 38.1. The van der Waals surface area contributed by atoms with E-state index < -0.39 is 12.1 Å². The summed E-state index contributed by atoms with van der Waals surface area (Å²) in [5.41, 5.74) is 0. The molecule has 0 aromatic rings. The number of esters is 3. The fourth-order valence-corrected chi connectivity index (χ4v) is 9.58. The van der Waals surface area contributed by atoms with Crippen LogP contribution in [0.25, 0.3) is 0 Å². The molecule has 0 saturated heterocycles. The molecule has 0 aliphatic carbocycles. The molecular weight excluding hydrogens is 937 g/mol. The van der Waals surface area contributed by atoms with E-state index in [4.69, 9.17) is 14.2 Å². The lowest BCUT2D eigenvalue weighted by Gasteiger charge is -2.18. The molecule has 6 nitrogen and oxygen atoms in total. The van der Waals surface area contributed by atoms with Crippen molar-refractivity contribution in [1.29, 1.82) is 0 Å². The summed E-state index contributed by atoms with van der Waals surface area (Å²) in [5, 5.41) is 0. The van der Waals surface area contributed by atoms with Gasteiger partial charge in [-0.05, 0) is 70.6 Å². The van der Waals surface area contributed by atoms with E-state index in [0.717, 1.165) is 83.5 Å². The number of carbonyl (C=O) groups is 3. The predicted molar refractivity (Wildman–Crippen MR) is 330 cm³/mol. The Labute approximate surface area is 472 Å². The van der Waals surface area contributed by atoms with Gasteiger partial charge in [-0.1, -0.05) is 318 Å². The van der Waals surface area contributed by atoms with Gasteiger partial charge >= 0.3 is 17.9 Å². The second-order valence-corrected chi connectivity index (χ2v) is 22.0. The van der Waals surface area contributed by atoms with E-state index in [1.165, 1.54) is 212 Å². The molecule has 0 spiro atoms. The fraction of sp³-hybridized carbons (Fsp3) is 0.786. The first-order valence-corrected chi connectivity index (χ1v) is 32.9. The van der Waals surface area contributed by atoms with Crippen LogP contribution >= 0.6 is 0 Å². The van der Waals surface area contributed by atoms with Crippen molar-refractivity contribution in [3.63, 3.8) is 0 Å². The molecule has 0 aromatic carbocycles. The summed E-state index contributed by atoms with van der Waals surface area (Å²) in [6.07, 6.45) is 84.0. The third kappa shape index (κ3) is 61.7. The van der Waals surface area contributed by atoms with Gasteiger partial charge in [0, 0.05) is 12.8 Å². The van der Waals surface area contributed by atoms with Gasteiger partial charge in [-0.25, -0.2) is 0 Å². The second-order valence-electron chi connectivity index (χ2n) is 22.0. The molecule has 0 bridgehead atoms. The third-order valence-corrected chi connectivity index (χ3v) is 14.5. The minimum atomic E-state index is -0.832. The van der Waals surface area contributed by atoms with Crippen LogP contribution in [0.15, 0.2) is 72.9 Å². The van der Waals surface area contributed by atoms with Crippen LogP contribution < -0.4 is 0 Å². The minimum absolute atomic E-state index is 0.0975. The molecule has 0 rings (SSSR count). The topological polar surface area (TPSA) is 78.9 Å². The predicted octanol–water partition coefficient (Wildman–Crippen LogP) is 22.5. The number of ether oxygens (including phenoxy) is 3. The van der Waals surface area contributed by atoms with Crippen molar-refractivity contribution in [1.82, 2.24) is 0 Å². The molecule has 1 atom stereocenters. The van der Waals surface area contributed by atoms with Crippen molar-refractivity contribution in [2.45, 2.75) is 341 Å². The van der Waals surface area contributed by atoms with Crippen LogP contribution in [0.1, 0.15) is 335 Å². The van der Waals surface area contributed by atoms with E-state index in [9.17, 15) is 14.4 Å². The Morgan fingerprint density at radius 2 is 0.553 bits per heavy atom. The van der Waals surface area contributed by atoms with Crippen LogP contribution in [-0.2, 0) is 28.6 Å². The zero-order valence-electron chi connectivity index (χ0n) is 50.5. The van der Waals surface area contributed by atoms with Crippen molar-refractivity contribution in [2.75, 3.05) is 13.2 Å². The largest absolute Gasteiger partial charge is 0.462 e. The van der Waals surface area contributed by atoms with Crippen molar-refractivity contribution < 1.29 is 28.6 Å². The van der Waals surface area contributed by atoms with Crippen LogP contribution in [0.5, 0.6) is 0 Å². The maximum absolute atomic E-state index is 12.8. The number of rotatable bonds is 60. The van der Waals surface area contributed by atoms with Crippen LogP contribution in [0, 0.1) is 0 Å². The Hall–Kier alpha value is -3.15. The lowest BCUT2D eigenvalue weighted by molar-refractivity contribution is -0.166. The Balaban J connectivity index is 4.17. The number of hydrogen-bond donors (Lipinski definition) is 0. The molecule has 0 fully saturated rings. The van der Waals surface area contributed by atoms with Gasteiger partial charge in [0.1, 0.15) is 13.2 Å². The van der Waals surface area contributed by atoms with Gasteiger partial charge in [-0.15, -0.1) is 0 Å². The van der Waals surface area contributed by atoms with Crippen LogP contribution in [0.3, 0.4) is 0 Å². The zero-order chi connectivity index (χ0) is 55.0. The van der Waals surface area contributed by atoms with Crippen LogP contribution in [0.2, 0.25) is 0 Å². The average Bonchev–Trinajstić information content (AvgIpc) is 3.42. The highest BCUT2D eigenvalue weighted by atomic mass is 16.6. The summed E-state index contributed by atoms with van der Waals surface area (Å²) in [7, 11) is 0. The molecule has 0 saturated carbocycles. The molecule has 0 aromatic heterocycles. The first kappa shape index (κ1) is 72.8. The monoisotopic (exact) mass is 1060 g/mol. The highest BCUT2D eigenvalue weighted by Crippen LogP contribution is 2.18. The number of hydrogen-bond acceptors (Lipinski definition) is 6. The lowest BCUT2D eigenvalue weighted by atomic mass is 10.0. The van der Waals surface area contributed by atoms with Gasteiger partial charge in [0.2, 0.25) is 0 Å². The smallest absolute Gasteiger partial charge is 0.310 e. The fourth-order valence-electron chi connectivity index (χ4n) is 9.58. The first-order chi connectivity index (χ1) is 37.5. The molecule has 76 heavy (non-hydrogen) atoms. The SMILES string of the molecule is CC/C=C\C/C=C\C/C=C\C/C=C\C/C=C\CC(=O)OC(COC(=O)CCCCCCC/C=C\CCCCC)COC(=O)CCCCCCCCCCCCCCCCCCCCCCCCCCCCCCCCC. The maximum atomic E-state index is 12.8. The van der Waals surface area contributed by atoms with Crippen LogP contribution in [0.4, 0.5) is 0 Å². The average molecular weight is 1060 g/mol. The van der Waals surface area contributed by atoms with Gasteiger partial charge in [0.25, 0.3) is 0 Å². The molecule has 440 valence electrons. The molecule has 0 N–H and O–H groups in total. The molecule has 0 radical (unpaired) electrons. The number of carbonyl (C=O) groups excluding carboxylic acids is 3. The quantitative estimate of drug-likeness (QED) is 0.0261. The van der Waals surface area contributed by atoms with E-state index in [2.05, 4.69) is 81.5 Å². The summed E-state index contributed by atoms with van der Waals surface area (Å²) in [6.45, 7) is 6.45. The first-order valence-electron chi connectivity index (χ1n) is 32.9. The molecule has 1 unspecified atom stereocenters. The summed E-state index contributed by atoms with van der Waals surface area (Å²) >= 11 is 0. The normalized spacial score (nSPS) is 12.5. The second kappa shape index (κ2) is 64.4. The standard InChI is InChI=1S/C70H124O6/c1-4-7-10-13-16-19-22-25-27-28-29-30-31-32-33-34-35-36-37-38-39-40-41-42-44-45-48-51-54-57-60-63-69(72)75-66-67(65-74-68(71)62-59-56-53-50-47-24-21-18-15-12-9-6-3)76-70(73)64-61-58-55-52-49-46-43-26-23-20-17-14-11-8-5-2/h8,11,17-18,20-21,26,43,49,52,58,61,67H,4-7,9-10,12-16,19,22-25,27-42,44-48,50-51,53-57,59-60,62-66H2,1-3H3/b11-8-,20-17-,21-18-,43-26-,52-49-,61-58-. The molecule has 6 heteroatoms. The highest BCUT2D eigenvalue weighted by Gasteiger charge is 2.19. The lowest BCUT2D eigenvalue weighted by Crippen LogP contribution is -2.30. The Bertz CT molecular complexity index is 1400. The van der Waals surface area contributed by atoms with E-state index >= 15 is 0 Å². The van der Waals surface area contributed by atoms with E-state index in [1.807, 2.05) is 6.08 Å². The Morgan fingerprint density at radius 3 is 0.882 bits per heavy atom. The van der Waals surface area contributed by atoms with Gasteiger partial charge in [0.05, 0.1) is 6.42 Å². The number of allylic oxidation sites excluding steroid dienone is 11. The minimum Gasteiger partial charge on any atom is -0.462 e. The summed E-state index contributed by atoms with van der Waals surface area (Å²) < 4.78 is 16.8. The van der Waals surface area contributed by atoms with Gasteiger partial charge < -0.3 is 14.2 Å². The molecule has 0 aliphatic rings. The third-order valence-electron chi connectivity index (χ3n) is 14.5. The molecule has 0 heterocycles. The van der Waals surface area contributed by atoms with Crippen molar-refractivity contribution in [3.05, 3.63) is 72.9 Å². The van der Waals surface area contributed by atoms with Crippen molar-refractivity contribution >= 4 is 17.9 Å². The van der Waals surface area contributed by atoms with Crippen molar-refractivity contribution in [2.24, 2.45) is 0 Å². The van der Waals surface area contributed by atoms with E-state index in [-0.39, 0.29) is 31.6 Å². The van der Waals surface area contributed by atoms with Crippen LogP contribution in [-0.4, -0.2) is 37.2 Å². The molecule has 0 amide bonds. The van der Waals surface area contributed by atoms with Gasteiger partial charge in [-0.2, -0.15) is 0 Å². The van der Waals surface area contributed by atoms with Gasteiger partial charge in [0.15, 0.2) is 6.10 Å². The Morgan fingerprint density at radius 1 is 0.289 bits per heavy atom. The van der Waals surface area contributed by atoms with Crippen molar-refractivity contribution in [3.8, 4) is 0 Å². The zero-order valence-corrected chi connectivity index (χ0v) is 50.5. The molecular formula is C70H124O6. The highest BCUT2D eigenvalue weighted by molar-refractivity contribution is 5.72. The number of unbranched alkanes of at least 4 members (excludes halogenated alkanes) is 38. The maximum Gasteiger partial charge on any atom is 0.310 e. The summed E-state index contributed by atoms with van der Waals surface area (Å²) in [5.74, 6) is -1.04. The molecule has 0 aliphatic heterocycles. The van der Waals surface area contributed by atoms with E-state index in [0.29, 0.717) is 12.8 Å². The van der Waals surface area contributed by atoms with E-state index in [1.54, 1.807) is 6.08 Å². The van der Waals surface area contributed by atoms with Gasteiger partial charge in [-0.3, -0.25) is 14.4 Å². The summed E-state index contributed by atoms with van der Waals surface area (Å²) in [6, 6.07) is 0. The Kier molecular flexibility index (Phi) is 61.7.